The largest absolute Gasteiger partial charge is 0.433 e. The number of nitrogens with one attached hydrogen (secondary N) is 2. The standard InChI is InChI=1S/C17H11ClF4N6O3/c1-28-17(25-26-27-28)24-14(29)7-5-6-10(31-16(21)22)13(11(7)18)23-15(30)8-3-2-4-9(19)12(8)20/h2-6,16H,1H3,(H,23,30)(H,24,25,27,29). The van der Waals surface area contributed by atoms with E-state index in [1.807, 2.05) is 0 Å². The van der Waals surface area contributed by atoms with Crippen LogP contribution >= 0.6 is 11.6 Å². The second kappa shape index (κ2) is 8.95. The molecule has 0 bridgehead atoms. The molecule has 0 spiro atoms. The van der Waals surface area contributed by atoms with Gasteiger partial charge in [0.25, 0.3) is 11.8 Å². The Kier molecular flexibility index (Phi) is 6.34. The fourth-order valence-electron chi connectivity index (χ4n) is 2.41. The summed E-state index contributed by atoms with van der Waals surface area (Å²) in [6, 6.07) is 4.82. The second-order valence-electron chi connectivity index (χ2n) is 5.81. The zero-order valence-electron chi connectivity index (χ0n) is 15.4. The van der Waals surface area contributed by atoms with Crippen molar-refractivity contribution in [3.8, 4) is 5.75 Å². The molecular weight excluding hydrogens is 448 g/mol. The minimum absolute atomic E-state index is 0.0543. The number of alkyl halides is 2. The third-order valence-corrected chi connectivity index (χ3v) is 4.24. The highest BCUT2D eigenvalue weighted by Gasteiger charge is 2.24. The number of carbonyl (C=O) groups is 2. The van der Waals surface area contributed by atoms with Crippen LogP contribution in [0.1, 0.15) is 20.7 Å². The van der Waals surface area contributed by atoms with Crippen LogP contribution in [0.2, 0.25) is 5.02 Å². The van der Waals surface area contributed by atoms with Crippen molar-refractivity contribution in [2.75, 3.05) is 10.6 Å². The fourth-order valence-corrected chi connectivity index (χ4v) is 2.70. The lowest BCUT2D eigenvalue weighted by atomic mass is 10.1. The zero-order chi connectivity index (χ0) is 22.7. The summed E-state index contributed by atoms with van der Waals surface area (Å²) >= 11 is 6.15. The van der Waals surface area contributed by atoms with Gasteiger partial charge in [-0.1, -0.05) is 22.8 Å². The van der Waals surface area contributed by atoms with Gasteiger partial charge in [-0.25, -0.2) is 13.5 Å². The van der Waals surface area contributed by atoms with Crippen molar-refractivity contribution in [2.45, 2.75) is 6.61 Å². The zero-order valence-corrected chi connectivity index (χ0v) is 16.1. The number of ether oxygens (including phenoxy) is 1. The lowest BCUT2D eigenvalue weighted by molar-refractivity contribution is -0.0493. The third kappa shape index (κ3) is 4.71. The number of halogens is 5. The van der Waals surface area contributed by atoms with Gasteiger partial charge in [-0.3, -0.25) is 14.9 Å². The molecule has 0 unspecified atom stereocenters. The Bertz CT molecular complexity index is 1160. The second-order valence-corrected chi connectivity index (χ2v) is 6.19. The molecule has 1 aromatic heterocycles. The van der Waals surface area contributed by atoms with E-state index < -0.39 is 52.1 Å². The monoisotopic (exact) mass is 458 g/mol. The van der Waals surface area contributed by atoms with Gasteiger partial charge in [-0.05, 0) is 34.7 Å². The Balaban J connectivity index is 1.99. The first-order valence-corrected chi connectivity index (χ1v) is 8.63. The smallest absolute Gasteiger partial charge is 0.387 e. The van der Waals surface area contributed by atoms with Crippen LogP contribution in [0.25, 0.3) is 0 Å². The lowest BCUT2D eigenvalue weighted by Crippen LogP contribution is -2.19. The van der Waals surface area contributed by atoms with Gasteiger partial charge >= 0.3 is 6.61 Å². The van der Waals surface area contributed by atoms with Crippen molar-refractivity contribution in [2.24, 2.45) is 7.05 Å². The SMILES string of the molecule is Cn1nnnc1NC(=O)c1ccc(OC(F)F)c(NC(=O)c2cccc(F)c2F)c1Cl. The van der Waals surface area contributed by atoms with Crippen LogP contribution in [-0.4, -0.2) is 38.6 Å². The molecular formula is C17H11ClF4N6O3. The Morgan fingerprint density at radius 3 is 2.45 bits per heavy atom. The number of hydrogen-bond acceptors (Lipinski definition) is 6. The molecule has 0 aliphatic heterocycles. The summed E-state index contributed by atoms with van der Waals surface area (Å²) < 4.78 is 58.3. The first-order valence-electron chi connectivity index (χ1n) is 8.25. The van der Waals surface area contributed by atoms with E-state index >= 15 is 0 Å². The number of aromatic nitrogens is 4. The van der Waals surface area contributed by atoms with Crippen molar-refractivity contribution in [1.29, 1.82) is 0 Å². The van der Waals surface area contributed by atoms with Gasteiger partial charge in [0.05, 0.1) is 16.1 Å². The maximum atomic E-state index is 13.9. The molecule has 31 heavy (non-hydrogen) atoms. The van der Waals surface area contributed by atoms with Crippen LogP contribution in [-0.2, 0) is 7.05 Å². The maximum absolute atomic E-state index is 13.9. The van der Waals surface area contributed by atoms with Gasteiger partial charge in [-0.15, -0.1) is 0 Å². The van der Waals surface area contributed by atoms with Gasteiger partial charge in [0.15, 0.2) is 17.4 Å². The van der Waals surface area contributed by atoms with E-state index in [4.69, 9.17) is 11.6 Å². The number of anilines is 2. The first kappa shape index (κ1) is 22.0. The first-order chi connectivity index (χ1) is 14.7. The van der Waals surface area contributed by atoms with E-state index in [9.17, 15) is 27.2 Å². The molecule has 0 radical (unpaired) electrons. The average molecular weight is 459 g/mol. The topological polar surface area (TPSA) is 111 Å². The van der Waals surface area contributed by atoms with Crippen molar-refractivity contribution < 1.29 is 31.9 Å². The van der Waals surface area contributed by atoms with Gasteiger partial charge < -0.3 is 10.1 Å². The molecule has 2 N–H and O–H groups in total. The summed E-state index contributed by atoms with van der Waals surface area (Å²) in [7, 11) is 1.44. The molecule has 0 aliphatic carbocycles. The van der Waals surface area contributed by atoms with Crippen LogP contribution in [0, 0.1) is 11.6 Å². The van der Waals surface area contributed by atoms with Crippen molar-refractivity contribution in [1.82, 2.24) is 20.2 Å². The fraction of sp³-hybridized carbons (Fsp3) is 0.118. The van der Waals surface area contributed by atoms with Crippen molar-refractivity contribution in [3.05, 3.63) is 58.1 Å². The normalized spacial score (nSPS) is 10.8. The molecule has 1 heterocycles. The van der Waals surface area contributed by atoms with Crippen LogP contribution in [0.4, 0.5) is 29.2 Å². The molecule has 9 nitrogen and oxygen atoms in total. The number of carbonyl (C=O) groups excluding carboxylic acids is 2. The van der Waals surface area contributed by atoms with E-state index in [2.05, 4.69) is 30.9 Å². The quantitative estimate of drug-likeness (QED) is 0.549. The average Bonchev–Trinajstić information content (AvgIpc) is 3.10. The van der Waals surface area contributed by atoms with Crippen LogP contribution in [0.15, 0.2) is 30.3 Å². The molecule has 2 aromatic carbocycles. The molecule has 0 atom stereocenters. The number of aryl methyl sites for hydroxylation is 1. The third-order valence-electron chi connectivity index (χ3n) is 3.84. The number of nitrogens with zero attached hydrogens (tertiary/aromatic N) is 4. The van der Waals surface area contributed by atoms with Crippen LogP contribution in [0.5, 0.6) is 5.75 Å². The van der Waals surface area contributed by atoms with Gasteiger partial charge in [0.2, 0.25) is 5.95 Å². The summed E-state index contributed by atoms with van der Waals surface area (Å²) in [5.41, 5.74) is -1.56. The molecule has 2 amide bonds. The predicted molar refractivity (Wildman–Crippen MR) is 99.1 cm³/mol. The van der Waals surface area contributed by atoms with Crippen LogP contribution < -0.4 is 15.4 Å². The highest BCUT2D eigenvalue weighted by Crippen LogP contribution is 2.37. The van der Waals surface area contributed by atoms with E-state index in [0.717, 1.165) is 35.0 Å². The highest BCUT2D eigenvalue weighted by atomic mass is 35.5. The highest BCUT2D eigenvalue weighted by molar-refractivity contribution is 6.38. The maximum Gasteiger partial charge on any atom is 0.387 e. The Morgan fingerprint density at radius 1 is 1.10 bits per heavy atom. The van der Waals surface area contributed by atoms with E-state index in [1.54, 1.807) is 0 Å². The summed E-state index contributed by atoms with van der Waals surface area (Å²) in [5, 5.41) is 14.3. The van der Waals surface area contributed by atoms with Gasteiger partial charge in [0, 0.05) is 7.05 Å². The van der Waals surface area contributed by atoms with Gasteiger partial charge in [0.1, 0.15) is 5.69 Å². The number of rotatable bonds is 6. The molecule has 0 saturated heterocycles. The lowest BCUT2D eigenvalue weighted by Gasteiger charge is -2.16. The van der Waals surface area contributed by atoms with Gasteiger partial charge in [-0.2, -0.15) is 8.78 Å². The number of hydrogen-bond donors (Lipinski definition) is 2. The minimum atomic E-state index is -3.30. The number of amides is 2. The molecule has 3 rings (SSSR count). The molecule has 14 heteroatoms. The Hall–Kier alpha value is -3.74. The van der Waals surface area contributed by atoms with E-state index in [1.165, 1.54) is 7.05 Å². The predicted octanol–water partition coefficient (Wildman–Crippen LogP) is 3.25. The molecule has 0 fully saturated rings. The van der Waals surface area contributed by atoms with Crippen LogP contribution in [0.3, 0.4) is 0 Å². The minimum Gasteiger partial charge on any atom is -0.433 e. The van der Waals surface area contributed by atoms with Crippen molar-refractivity contribution in [3.63, 3.8) is 0 Å². The van der Waals surface area contributed by atoms with Crippen molar-refractivity contribution >= 4 is 35.1 Å². The molecule has 0 saturated carbocycles. The summed E-state index contributed by atoms with van der Waals surface area (Å²) in [5.74, 6) is -5.49. The van der Waals surface area contributed by atoms with E-state index in [-0.39, 0.29) is 11.5 Å². The number of tetrazole rings is 1. The number of benzene rings is 2. The van der Waals surface area contributed by atoms with E-state index in [0.29, 0.717) is 0 Å². The Labute approximate surface area is 175 Å². The molecule has 3 aromatic rings. The molecule has 0 aliphatic rings. The summed E-state index contributed by atoms with van der Waals surface area (Å²) in [6.07, 6.45) is 0. The summed E-state index contributed by atoms with van der Waals surface area (Å²) in [6.45, 7) is -3.30. The molecule has 162 valence electrons. The Morgan fingerprint density at radius 2 is 1.81 bits per heavy atom. The summed E-state index contributed by atoms with van der Waals surface area (Å²) in [4.78, 5) is 24.9.